The van der Waals surface area contributed by atoms with Crippen LogP contribution in [0.3, 0.4) is 0 Å². The molecule has 0 aromatic heterocycles. The summed E-state index contributed by atoms with van der Waals surface area (Å²) >= 11 is 0. The van der Waals surface area contributed by atoms with Crippen molar-refractivity contribution in [2.24, 2.45) is 11.5 Å². The summed E-state index contributed by atoms with van der Waals surface area (Å²) in [6.45, 7) is 2.95. The van der Waals surface area contributed by atoms with Crippen LogP contribution in [-0.4, -0.2) is 81.8 Å². The minimum Gasteiger partial charge on any atom is -0.481 e. The van der Waals surface area contributed by atoms with Crippen molar-refractivity contribution in [3.05, 3.63) is 0 Å². The van der Waals surface area contributed by atoms with Gasteiger partial charge in [-0.25, -0.2) is 4.79 Å². The molecule has 5 atom stereocenters. The number of amides is 3. The number of carbonyl (C=O) groups is 5. The van der Waals surface area contributed by atoms with E-state index in [-0.39, 0.29) is 12.8 Å². The molecule has 0 saturated carbocycles. The Morgan fingerprint density at radius 3 is 1.87 bits per heavy atom. The summed E-state index contributed by atoms with van der Waals surface area (Å²) in [6.07, 6.45) is -1.10. The number of aliphatic hydroxyl groups excluding tert-OH is 1. The maximum absolute atomic E-state index is 12.6. The Kier molecular flexibility index (Phi) is 13.0. The van der Waals surface area contributed by atoms with Gasteiger partial charge >= 0.3 is 11.9 Å². The van der Waals surface area contributed by atoms with Gasteiger partial charge in [-0.15, -0.1) is 0 Å². The summed E-state index contributed by atoms with van der Waals surface area (Å²) in [5, 5.41) is 34.8. The van der Waals surface area contributed by atoms with Crippen LogP contribution in [0, 0.1) is 0 Å². The molecule has 0 aromatic rings. The number of nitrogens with two attached hydrogens (primary N) is 2. The topological polar surface area (TPSA) is 234 Å². The van der Waals surface area contributed by atoms with Gasteiger partial charge in [-0.1, -0.05) is 0 Å². The van der Waals surface area contributed by atoms with Crippen molar-refractivity contribution < 1.29 is 39.3 Å². The van der Waals surface area contributed by atoms with E-state index in [4.69, 9.17) is 16.6 Å². The first-order valence-electron chi connectivity index (χ1n) is 9.90. The molecule has 0 heterocycles. The third-order valence-corrected chi connectivity index (χ3v) is 4.32. The summed E-state index contributed by atoms with van der Waals surface area (Å²) < 4.78 is 0. The summed E-state index contributed by atoms with van der Waals surface area (Å²) in [5.41, 5.74) is 10.8. The zero-order valence-corrected chi connectivity index (χ0v) is 17.7. The van der Waals surface area contributed by atoms with Gasteiger partial charge < -0.3 is 42.7 Å². The number of aliphatic hydroxyl groups is 1. The third-order valence-electron chi connectivity index (χ3n) is 4.32. The number of hydrogen-bond acceptors (Lipinski definition) is 8. The largest absolute Gasteiger partial charge is 0.481 e. The Labute approximate surface area is 179 Å². The van der Waals surface area contributed by atoms with Gasteiger partial charge in [-0.05, 0) is 46.1 Å². The number of aliphatic carboxylic acids is 2. The molecule has 5 unspecified atom stereocenters. The molecule has 0 saturated heterocycles. The molecule has 13 nitrogen and oxygen atoms in total. The fourth-order valence-electron chi connectivity index (χ4n) is 2.51. The molecule has 0 aromatic carbocycles. The number of unbranched alkanes of at least 4 members (excludes halogenated alkanes) is 1. The molecule has 10 N–H and O–H groups in total. The first kappa shape index (κ1) is 28.2. The highest BCUT2D eigenvalue weighted by Gasteiger charge is 2.32. The van der Waals surface area contributed by atoms with Crippen LogP contribution in [0.15, 0.2) is 0 Å². The first-order chi connectivity index (χ1) is 14.4. The fourth-order valence-corrected chi connectivity index (χ4v) is 2.51. The quantitative estimate of drug-likeness (QED) is 0.120. The van der Waals surface area contributed by atoms with Crippen molar-refractivity contribution >= 4 is 29.7 Å². The van der Waals surface area contributed by atoms with E-state index in [2.05, 4.69) is 16.0 Å². The second-order valence-electron chi connectivity index (χ2n) is 7.19. The molecule has 0 aliphatic heterocycles. The SMILES string of the molecule is CC(N)C(=O)NC(C(=O)NC(CCC(=O)O)C(=O)NC(CCCCN)C(=O)O)C(C)O. The third kappa shape index (κ3) is 11.3. The van der Waals surface area contributed by atoms with Crippen LogP contribution >= 0.6 is 0 Å². The van der Waals surface area contributed by atoms with Crippen LogP contribution in [0.2, 0.25) is 0 Å². The molecule has 0 radical (unpaired) electrons. The second-order valence-corrected chi connectivity index (χ2v) is 7.19. The standard InChI is InChI=1S/C18H33N5O8/c1-9(20)15(27)23-14(10(2)24)17(29)21-11(6-7-13(25)26)16(28)22-12(18(30)31)5-3-4-8-19/h9-12,14,24H,3-8,19-20H2,1-2H3,(H,21,29)(H,22,28)(H,23,27)(H,25,26)(H,30,31). The molecule has 3 amide bonds. The van der Waals surface area contributed by atoms with Gasteiger partial charge in [-0.3, -0.25) is 19.2 Å². The first-order valence-corrected chi connectivity index (χ1v) is 9.90. The molecular weight excluding hydrogens is 414 g/mol. The molecule has 0 bridgehead atoms. The summed E-state index contributed by atoms with van der Waals surface area (Å²) in [5.74, 6) is -5.11. The minimum absolute atomic E-state index is 0.0958. The van der Waals surface area contributed by atoms with Crippen molar-refractivity contribution in [3.63, 3.8) is 0 Å². The number of carbonyl (C=O) groups excluding carboxylic acids is 3. The minimum atomic E-state index is -1.46. The molecule has 13 heteroatoms. The maximum atomic E-state index is 12.6. The lowest BCUT2D eigenvalue weighted by molar-refractivity contribution is -0.143. The van der Waals surface area contributed by atoms with Gasteiger partial charge in [0, 0.05) is 6.42 Å². The van der Waals surface area contributed by atoms with Crippen molar-refractivity contribution in [1.82, 2.24) is 16.0 Å². The maximum Gasteiger partial charge on any atom is 0.326 e. The van der Waals surface area contributed by atoms with E-state index < -0.39 is 66.4 Å². The van der Waals surface area contributed by atoms with Crippen LogP contribution in [0.4, 0.5) is 0 Å². The molecule has 0 fully saturated rings. The zero-order valence-electron chi connectivity index (χ0n) is 17.7. The summed E-state index contributed by atoms with van der Waals surface area (Å²) in [4.78, 5) is 59.2. The Morgan fingerprint density at radius 1 is 0.839 bits per heavy atom. The van der Waals surface area contributed by atoms with Crippen LogP contribution in [0.5, 0.6) is 0 Å². The molecule has 0 rings (SSSR count). The number of carboxylic acid groups (broad SMARTS) is 2. The van der Waals surface area contributed by atoms with Gasteiger partial charge in [0.05, 0.1) is 12.1 Å². The molecule has 0 spiro atoms. The monoisotopic (exact) mass is 447 g/mol. The molecule has 0 aliphatic carbocycles. The molecule has 178 valence electrons. The van der Waals surface area contributed by atoms with Crippen LogP contribution in [0.1, 0.15) is 46.0 Å². The van der Waals surface area contributed by atoms with E-state index in [1.807, 2.05) is 0 Å². The fraction of sp³-hybridized carbons (Fsp3) is 0.722. The molecule has 0 aliphatic rings. The lowest BCUT2D eigenvalue weighted by Crippen LogP contribution is -2.59. The summed E-state index contributed by atoms with van der Waals surface area (Å²) in [7, 11) is 0. The van der Waals surface area contributed by atoms with Crippen molar-refractivity contribution in [2.45, 2.75) is 76.2 Å². The van der Waals surface area contributed by atoms with Gasteiger partial charge in [0.15, 0.2) is 0 Å². The number of nitrogens with one attached hydrogen (secondary N) is 3. The van der Waals surface area contributed by atoms with Crippen molar-refractivity contribution in [3.8, 4) is 0 Å². The van der Waals surface area contributed by atoms with Gasteiger partial charge in [-0.2, -0.15) is 0 Å². The van der Waals surface area contributed by atoms with Gasteiger partial charge in [0.1, 0.15) is 18.1 Å². The molecular formula is C18H33N5O8. The number of rotatable bonds is 15. The van der Waals surface area contributed by atoms with Gasteiger partial charge in [0.2, 0.25) is 17.7 Å². The highest BCUT2D eigenvalue weighted by atomic mass is 16.4. The van der Waals surface area contributed by atoms with Crippen LogP contribution in [0.25, 0.3) is 0 Å². The average Bonchev–Trinajstić information content (AvgIpc) is 2.67. The van der Waals surface area contributed by atoms with E-state index in [0.717, 1.165) is 0 Å². The van der Waals surface area contributed by atoms with E-state index in [1.165, 1.54) is 13.8 Å². The Balaban J connectivity index is 5.38. The lowest BCUT2D eigenvalue weighted by atomic mass is 10.1. The zero-order chi connectivity index (χ0) is 24.1. The van der Waals surface area contributed by atoms with E-state index in [9.17, 15) is 34.2 Å². The Hall–Kier alpha value is -2.77. The summed E-state index contributed by atoms with van der Waals surface area (Å²) in [6, 6.07) is -5.09. The number of hydrogen-bond donors (Lipinski definition) is 8. The average molecular weight is 447 g/mol. The van der Waals surface area contributed by atoms with E-state index >= 15 is 0 Å². The number of carboxylic acids is 2. The van der Waals surface area contributed by atoms with Crippen LogP contribution in [-0.2, 0) is 24.0 Å². The predicted molar refractivity (Wildman–Crippen MR) is 109 cm³/mol. The van der Waals surface area contributed by atoms with E-state index in [0.29, 0.717) is 19.4 Å². The van der Waals surface area contributed by atoms with E-state index in [1.54, 1.807) is 0 Å². The van der Waals surface area contributed by atoms with Gasteiger partial charge in [0.25, 0.3) is 0 Å². The van der Waals surface area contributed by atoms with Crippen LogP contribution < -0.4 is 27.4 Å². The normalized spacial score (nSPS) is 15.6. The highest BCUT2D eigenvalue weighted by molar-refractivity contribution is 5.94. The molecule has 31 heavy (non-hydrogen) atoms. The Bertz CT molecular complexity index is 640. The van der Waals surface area contributed by atoms with Crippen molar-refractivity contribution in [2.75, 3.05) is 6.54 Å². The smallest absolute Gasteiger partial charge is 0.326 e. The lowest BCUT2D eigenvalue weighted by Gasteiger charge is -2.26. The highest BCUT2D eigenvalue weighted by Crippen LogP contribution is 2.05. The second kappa shape index (κ2) is 14.3. The predicted octanol–water partition coefficient (Wildman–Crippen LogP) is -2.75. The Morgan fingerprint density at radius 2 is 1.42 bits per heavy atom. The van der Waals surface area contributed by atoms with Crippen molar-refractivity contribution in [1.29, 1.82) is 0 Å².